The van der Waals surface area contributed by atoms with Gasteiger partial charge in [-0.2, -0.15) is 39.2 Å². The van der Waals surface area contributed by atoms with Crippen LogP contribution in [0.1, 0.15) is 47.0 Å². The van der Waals surface area contributed by atoms with Crippen molar-refractivity contribution in [2.75, 3.05) is 6.61 Å². The average Bonchev–Trinajstić information content (AvgIpc) is 2.56. The highest BCUT2D eigenvalue weighted by Crippen LogP contribution is 2.42. The van der Waals surface area contributed by atoms with Gasteiger partial charge in [-0.3, -0.25) is 9.35 Å². The topological polar surface area (TPSA) is 119 Å². The fraction of sp³-hybridized carbons (Fsp3) is 0.765. The zero-order valence-corrected chi connectivity index (χ0v) is 18.8. The number of esters is 1. The maximum Gasteiger partial charge on any atom is 0.466 e. The molecule has 0 fully saturated rings. The van der Waals surface area contributed by atoms with Crippen molar-refractivity contribution in [1.29, 1.82) is 0 Å². The third kappa shape index (κ3) is 7.81. The minimum absolute atomic E-state index is 0.539. The lowest BCUT2D eigenvalue weighted by molar-refractivity contribution is -0.347. The van der Waals surface area contributed by atoms with Crippen molar-refractivity contribution in [3.8, 4) is 0 Å². The maximum absolute atomic E-state index is 13.8. The molecule has 0 aromatic rings. The minimum Gasteiger partial charge on any atom is -0.412 e. The minimum atomic E-state index is -6.48. The first-order chi connectivity index (χ1) is 14.4. The lowest BCUT2D eigenvalue weighted by atomic mass is 10.1. The Bertz CT molecular complexity index is 851. The average molecular weight is 519 g/mol. The lowest BCUT2D eigenvalue weighted by Gasteiger charge is -2.35. The van der Waals surface area contributed by atoms with E-state index in [0.717, 1.165) is 6.92 Å². The molecule has 0 heterocycles. The number of hydrogen-bond donors (Lipinski definition) is 2. The van der Waals surface area contributed by atoms with E-state index in [9.17, 15) is 48.7 Å². The van der Waals surface area contributed by atoms with E-state index in [1.54, 1.807) is 0 Å². The molecule has 0 aromatic carbocycles. The van der Waals surface area contributed by atoms with E-state index < -0.39 is 82.1 Å². The number of rotatable bonds is 11. The van der Waals surface area contributed by atoms with Crippen LogP contribution in [0.5, 0.6) is 0 Å². The molecule has 1 atom stereocenters. The van der Waals surface area contributed by atoms with Crippen LogP contribution in [0, 0.1) is 0 Å². The summed E-state index contributed by atoms with van der Waals surface area (Å²) in [6.07, 6.45) is -9.40. The first-order valence-electron chi connectivity index (χ1n) is 9.06. The van der Waals surface area contributed by atoms with Gasteiger partial charge in [-0.15, -0.1) is 0 Å². The molecule has 0 radical (unpaired) electrons. The van der Waals surface area contributed by atoms with Gasteiger partial charge in [-0.25, -0.2) is 4.79 Å². The molecular formula is C17H24F7NO7S. The Labute approximate surface area is 185 Å². The van der Waals surface area contributed by atoms with Crippen LogP contribution in [-0.2, 0) is 29.2 Å². The predicted molar refractivity (Wildman–Crippen MR) is 98.8 cm³/mol. The normalized spacial score (nSPS) is 15.5. The third-order valence-electron chi connectivity index (χ3n) is 3.69. The molecule has 1 amide bonds. The van der Waals surface area contributed by atoms with Crippen molar-refractivity contribution < 1.29 is 62.8 Å². The molecule has 0 saturated carbocycles. The van der Waals surface area contributed by atoms with Crippen molar-refractivity contribution in [3.05, 3.63) is 12.2 Å². The monoisotopic (exact) mass is 519 g/mol. The van der Waals surface area contributed by atoms with E-state index in [2.05, 4.69) is 16.1 Å². The number of carbonyl (C=O) groups is 2. The van der Waals surface area contributed by atoms with Crippen LogP contribution in [0.25, 0.3) is 0 Å². The number of nitrogens with one attached hydrogen (secondary N) is 1. The van der Waals surface area contributed by atoms with Crippen LogP contribution in [0.3, 0.4) is 0 Å². The molecular weight excluding hydrogens is 495 g/mol. The molecule has 8 nitrogen and oxygen atoms in total. The van der Waals surface area contributed by atoms with Crippen molar-refractivity contribution in [2.24, 2.45) is 0 Å². The van der Waals surface area contributed by atoms with Crippen LogP contribution < -0.4 is 5.32 Å². The highest BCUT2D eigenvalue weighted by molar-refractivity contribution is 7.87. The number of unbranched alkanes of at least 4 members (excludes halogenated alkanes) is 1. The molecule has 0 aliphatic heterocycles. The van der Waals surface area contributed by atoms with Crippen molar-refractivity contribution >= 4 is 22.0 Å². The molecule has 16 heteroatoms. The molecule has 33 heavy (non-hydrogen) atoms. The van der Waals surface area contributed by atoms with E-state index in [-0.39, 0.29) is 0 Å². The number of halogens is 7. The van der Waals surface area contributed by atoms with Gasteiger partial charge in [-0.05, 0) is 40.5 Å². The highest BCUT2D eigenvalue weighted by atomic mass is 32.2. The van der Waals surface area contributed by atoms with Gasteiger partial charge in [-0.1, -0.05) is 6.58 Å². The molecule has 0 bridgehead atoms. The summed E-state index contributed by atoms with van der Waals surface area (Å²) in [6.45, 7) is 6.74. The van der Waals surface area contributed by atoms with Crippen LogP contribution in [0.2, 0.25) is 0 Å². The van der Waals surface area contributed by atoms with Crippen molar-refractivity contribution in [3.63, 3.8) is 0 Å². The molecule has 0 saturated heterocycles. The van der Waals surface area contributed by atoms with Gasteiger partial charge in [0.1, 0.15) is 0 Å². The number of alkyl halides is 7. The Morgan fingerprint density at radius 1 is 1.00 bits per heavy atom. The summed E-state index contributed by atoms with van der Waals surface area (Å²) >= 11 is 0. The standard InChI is InChI=1S/C17H24F7NO7S/c1-10(2)11(26)32-15(16(20,21)22,12(27)25-13(3,4)5)31-9-7-6-8-14(18,19)17(23,24)33(28,29)30/h1,6-9H2,2-5H3,(H,25,27)(H,28,29,30). The molecule has 0 aliphatic rings. The van der Waals surface area contributed by atoms with E-state index in [0.29, 0.717) is 0 Å². The van der Waals surface area contributed by atoms with Gasteiger partial charge in [0.05, 0.1) is 6.61 Å². The Morgan fingerprint density at radius 3 is 1.85 bits per heavy atom. The lowest BCUT2D eigenvalue weighted by Crippen LogP contribution is -2.64. The van der Waals surface area contributed by atoms with Crippen molar-refractivity contribution in [2.45, 2.75) is 75.6 Å². The Morgan fingerprint density at radius 2 is 1.48 bits per heavy atom. The summed E-state index contributed by atoms with van der Waals surface area (Å²) < 4.78 is 133. The van der Waals surface area contributed by atoms with Gasteiger partial charge >= 0.3 is 45.1 Å². The molecule has 0 spiro atoms. The zero-order valence-electron chi connectivity index (χ0n) is 18.0. The second-order valence-electron chi connectivity index (χ2n) is 7.99. The van der Waals surface area contributed by atoms with E-state index >= 15 is 0 Å². The SMILES string of the molecule is C=C(C)C(=O)OC(OCCCCC(F)(F)C(F)(F)S(=O)(=O)O)(C(=O)NC(C)(C)C)C(F)(F)F. The summed E-state index contributed by atoms with van der Waals surface area (Å²) in [7, 11) is -6.48. The fourth-order valence-electron chi connectivity index (χ4n) is 2.05. The summed E-state index contributed by atoms with van der Waals surface area (Å²) in [4.78, 5) is 24.1. The van der Waals surface area contributed by atoms with Crippen LogP contribution in [0.4, 0.5) is 30.7 Å². The summed E-state index contributed by atoms with van der Waals surface area (Å²) in [5.41, 5.74) is -1.81. The number of carbonyl (C=O) groups excluding carboxylic acids is 2. The number of ether oxygens (including phenoxy) is 2. The number of hydrogen-bond acceptors (Lipinski definition) is 6. The molecule has 1 unspecified atom stereocenters. The van der Waals surface area contributed by atoms with E-state index in [1.807, 2.05) is 5.32 Å². The Balaban J connectivity index is 5.66. The smallest absolute Gasteiger partial charge is 0.412 e. The fourth-order valence-corrected chi connectivity index (χ4v) is 2.53. The quantitative estimate of drug-likeness (QED) is 0.107. The van der Waals surface area contributed by atoms with Crippen molar-refractivity contribution in [1.82, 2.24) is 5.32 Å². The largest absolute Gasteiger partial charge is 0.466 e. The van der Waals surface area contributed by atoms with Gasteiger partial charge in [0.25, 0.3) is 0 Å². The van der Waals surface area contributed by atoms with Gasteiger partial charge < -0.3 is 14.8 Å². The van der Waals surface area contributed by atoms with Gasteiger partial charge in [0.15, 0.2) is 0 Å². The molecule has 0 aliphatic carbocycles. The predicted octanol–water partition coefficient (Wildman–Crippen LogP) is 3.58. The summed E-state index contributed by atoms with van der Waals surface area (Å²) in [5.74, 6) is -13.1. The maximum atomic E-state index is 13.8. The number of amides is 1. The van der Waals surface area contributed by atoms with E-state index in [1.165, 1.54) is 20.8 Å². The Kier molecular flexibility index (Phi) is 9.53. The molecule has 2 N–H and O–H groups in total. The molecule has 0 aromatic heterocycles. The first kappa shape index (κ1) is 31.1. The highest BCUT2D eigenvalue weighted by Gasteiger charge is 2.67. The van der Waals surface area contributed by atoms with Gasteiger partial charge in [0, 0.05) is 17.5 Å². The molecule has 0 rings (SSSR count). The summed E-state index contributed by atoms with van der Waals surface area (Å²) in [6, 6.07) is 0. The molecule has 194 valence electrons. The zero-order chi connectivity index (χ0) is 26.7. The van der Waals surface area contributed by atoms with Gasteiger partial charge in [0.2, 0.25) is 0 Å². The second-order valence-corrected chi connectivity index (χ2v) is 9.45. The summed E-state index contributed by atoms with van der Waals surface area (Å²) in [5, 5.41) is -3.94. The Hall–Kier alpha value is -1.94. The first-order valence-corrected chi connectivity index (χ1v) is 10.5. The van der Waals surface area contributed by atoms with Crippen LogP contribution in [-0.4, -0.2) is 60.1 Å². The van der Waals surface area contributed by atoms with E-state index in [4.69, 9.17) is 4.55 Å². The van der Waals surface area contributed by atoms with Crippen LogP contribution >= 0.6 is 0 Å². The third-order valence-corrected chi connectivity index (χ3v) is 4.63. The second kappa shape index (κ2) is 10.1. The van der Waals surface area contributed by atoms with Crippen LogP contribution in [0.15, 0.2) is 12.2 Å².